The number of carbonyl (C=O) groups excluding carboxylic acids is 7. The van der Waals surface area contributed by atoms with Crippen molar-refractivity contribution in [2.24, 2.45) is 23.2 Å². The molecule has 288 valence electrons. The number of rotatable bonds is 13. The molecular formula is C41H52N6O7. The van der Waals surface area contributed by atoms with Crippen LogP contribution < -0.4 is 21.3 Å². The fourth-order valence-electron chi connectivity index (χ4n) is 9.49. The number of benzene rings is 1. The van der Waals surface area contributed by atoms with E-state index in [4.69, 9.17) is 6.42 Å². The van der Waals surface area contributed by atoms with Crippen molar-refractivity contribution in [3.63, 3.8) is 0 Å². The van der Waals surface area contributed by atoms with Crippen LogP contribution in [-0.4, -0.2) is 94.4 Å². The Bertz CT molecular complexity index is 1720. The molecule has 2 heterocycles. The SMILES string of the molecule is C#CCC(NC(=O)[C@@H]1[C@@H]2[C@H](CN1C(=O)[C@@H](NC(=O)NC1(CN3C(=O)c4ccccc4C3=O)CCCCC1)C1CCCCC1)C2(C)C)C(=O)C(=O)NCC=C. The maximum atomic E-state index is 14.7. The van der Waals surface area contributed by atoms with Gasteiger partial charge in [-0.2, -0.15) is 0 Å². The first kappa shape index (κ1) is 38.7. The average molecular weight is 741 g/mol. The number of hydrogen-bond acceptors (Lipinski definition) is 7. The van der Waals surface area contributed by atoms with Crippen molar-refractivity contribution >= 4 is 41.4 Å². The van der Waals surface area contributed by atoms with Crippen LogP contribution in [0.4, 0.5) is 4.79 Å². The smallest absolute Gasteiger partial charge is 0.315 e. The summed E-state index contributed by atoms with van der Waals surface area (Å²) in [6, 6.07) is 2.99. The van der Waals surface area contributed by atoms with Crippen molar-refractivity contribution in [1.29, 1.82) is 0 Å². The standard InChI is InChI=1S/C41H52N6O7/c1-5-15-29(33(48)35(50)42-22-6-2)43-34(49)32-30-28(40(30,3)4)23-46(32)38(53)31(25-16-9-7-10-17-25)44-39(54)45-41(20-13-8-14-21-41)24-47-36(51)26-18-11-12-19-27(26)37(47)52/h1,6,11-12,18-19,25,28-32H,2,7-10,13-17,20-24H2,3-4H3,(H,42,50)(H,43,49)(H2,44,45,54)/t28-,29?,30-,31-,32-/m0/s1. The Labute approximate surface area is 316 Å². The summed E-state index contributed by atoms with van der Waals surface area (Å²) >= 11 is 0. The van der Waals surface area contributed by atoms with Crippen LogP contribution in [0.5, 0.6) is 0 Å². The molecule has 1 unspecified atom stereocenters. The quantitative estimate of drug-likeness (QED) is 0.104. The highest BCUT2D eigenvalue weighted by molar-refractivity contribution is 6.38. The Morgan fingerprint density at radius 1 is 0.963 bits per heavy atom. The number of nitrogens with one attached hydrogen (secondary N) is 4. The molecule has 0 radical (unpaired) electrons. The molecule has 3 saturated carbocycles. The summed E-state index contributed by atoms with van der Waals surface area (Å²) in [5.41, 5.74) is -0.433. The van der Waals surface area contributed by atoms with Crippen LogP contribution in [-0.2, 0) is 19.2 Å². The molecule has 5 aliphatic rings. The molecule has 2 aliphatic heterocycles. The number of Topliss-reactive ketones (excluding diaryl/α,β-unsaturated/α-hetero) is 1. The maximum Gasteiger partial charge on any atom is 0.315 e. The molecule has 3 aliphatic carbocycles. The third-order valence-corrected chi connectivity index (χ3v) is 12.5. The zero-order valence-electron chi connectivity index (χ0n) is 31.3. The highest BCUT2D eigenvalue weighted by Crippen LogP contribution is 2.65. The third kappa shape index (κ3) is 7.52. The van der Waals surface area contributed by atoms with Crippen LogP contribution in [0.25, 0.3) is 0 Å². The van der Waals surface area contributed by atoms with Gasteiger partial charge in [0, 0.05) is 19.5 Å². The van der Waals surface area contributed by atoms with Gasteiger partial charge in [-0.15, -0.1) is 18.9 Å². The average Bonchev–Trinajstić information content (AvgIpc) is 3.41. The fraction of sp³-hybridized carbons (Fsp3) is 0.585. The lowest BCUT2D eigenvalue weighted by Gasteiger charge is -2.41. The van der Waals surface area contributed by atoms with Crippen LogP contribution in [0.1, 0.15) is 105 Å². The molecular weight excluding hydrogens is 688 g/mol. The highest BCUT2D eigenvalue weighted by atomic mass is 16.2. The molecule has 13 nitrogen and oxygen atoms in total. The van der Waals surface area contributed by atoms with Gasteiger partial charge < -0.3 is 26.2 Å². The summed E-state index contributed by atoms with van der Waals surface area (Å²) in [7, 11) is 0. The van der Waals surface area contributed by atoms with Crippen LogP contribution >= 0.6 is 0 Å². The van der Waals surface area contributed by atoms with Gasteiger partial charge in [0.2, 0.25) is 17.6 Å². The summed E-state index contributed by atoms with van der Waals surface area (Å²) in [4.78, 5) is 97.9. The lowest BCUT2D eigenvalue weighted by molar-refractivity contribution is -0.144. The Balaban J connectivity index is 1.21. The fourth-order valence-corrected chi connectivity index (χ4v) is 9.49. The Morgan fingerprint density at radius 2 is 1.59 bits per heavy atom. The van der Waals surface area contributed by atoms with Crippen molar-refractivity contribution in [2.75, 3.05) is 19.6 Å². The van der Waals surface area contributed by atoms with Crippen LogP contribution in [0.15, 0.2) is 36.9 Å². The molecule has 0 bridgehead atoms. The minimum absolute atomic E-state index is 0.0186. The highest BCUT2D eigenvalue weighted by Gasteiger charge is 2.69. The number of likely N-dealkylation sites (tertiary alicyclic amines) is 1. The number of carbonyl (C=O) groups is 7. The molecule has 6 rings (SSSR count). The van der Waals surface area contributed by atoms with E-state index in [1.54, 1.807) is 29.2 Å². The van der Waals surface area contributed by atoms with Crippen molar-refractivity contribution < 1.29 is 33.6 Å². The minimum Gasteiger partial charge on any atom is -0.346 e. The van der Waals surface area contributed by atoms with Gasteiger partial charge in [0.1, 0.15) is 18.1 Å². The number of ketones is 1. The van der Waals surface area contributed by atoms with E-state index in [9.17, 15) is 33.6 Å². The van der Waals surface area contributed by atoms with Crippen LogP contribution in [0.3, 0.4) is 0 Å². The zero-order valence-corrected chi connectivity index (χ0v) is 31.3. The number of urea groups is 1. The summed E-state index contributed by atoms with van der Waals surface area (Å²) < 4.78 is 0. The Morgan fingerprint density at radius 3 is 2.20 bits per heavy atom. The second-order valence-electron chi connectivity index (χ2n) is 16.3. The summed E-state index contributed by atoms with van der Waals surface area (Å²) in [5.74, 6) is -1.47. The van der Waals surface area contributed by atoms with Gasteiger partial charge >= 0.3 is 6.03 Å². The van der Waals surface area contributed by atoms with Crippen molar-refractivity contribution in [3.8, 4) is 12.3 Å². The van der Waals surface area contributed by atoms with Gasteiger partial charge in [0.25, 0.3) is 17.7 Å². The van der Waals surface area contributed by atoms with Crippen molar-refractivity contribution in [3.05, 3.63) is 48.0 Å². The monoisotopic (exact) mass is 740 g/mol. The number of amides is 7. The largest absolute Gasteiger partial charge is 0.346 e. The normalized spacial score (nSPS) is 24.9. The van der Waals surface area contributed by atoms with Crippen LogP contribution in [0, 0.1) is 35.5 Å². The first-order valence-electron chi connectivity index (χ1n) is 19.3. The second kappa shape index (κ2) is 15.8. The molecule has 1 aromatic rings. The molecule has 4 N–H and O–H groups in total. The predicted octanol–water partition coefficient (Wildman–Crippen LogP) is 3.10. The second-order valence-corrected chi connectivity index (χ2v) is 16.3. The van der Waals surface area contributed by atoms with Gasteiger partial charge in [-0.25, -0.2) is 4.79 Å². The summed E-state index contributed by atoms with van der Waals surface area (Å²) in [6.07, 6.45) is 14.7. The van der Waals surface area contributed by atoms with Gasteiger partial charge in [0.05, 0.1) is 23.2 Å². The lowest BCUT2D eigenvalue weighted by Crippen LogP contribution is -2.63. The van der Waals surface area contributed by atoms with Gasteiger partial charge in [-0.1, -0.05) is 70.6 Å². The summed E-state index contributed by atoms with van der Waals surface area (Å²) in [5, 5.41) is 11.3. The molecule has 4 fully saturated rings. The number of piperidine rings is 1. The Hall–Kier alpha value is -4.99. The molecule has 7 amide bonds. The van der Waals surface area contributed by atoms with E-state index in [2.05, 4.69) is 33.8 Å². The lowest BCUT2D eigenvalue weighted by atomic mass is 9.81. The van der Waals surface area contributed by atoms with Crippen molar-refractivity contribution in [2.45, 2.75) is 108 Å². The van der Waals surface area contributed by atoms with E-state index in [0.717, 1.165) is 51.4 Å². The molecule has 54 heavy (non-hydrogen) atoms. The van der Waals surface area contributed by atoms with E-state index in [-0.39, 0.29) is 60.4 Å². The zero-order chi connectivity index (χ0) is 38.8. The van der Waals surface area contributed by atoms with E-state index >= 15 is 0 Å². The molecule has 13 heteroatoms. The van der Waals surface area contributed by atoms with Gasteiger partial charge in [-0.05, 0) is 61.0 Å². The third-order valence-electron chi connectivity index (χ3n) is 12.5. The van der Waals surface area contributed by atoms with Gasteiger partial charge in [0.15, 0.2) is 0 Å². The molecule has 5 atom stereocenters. The predicted molar refractivity (Wildman–Crippen MR) is 200 cm³/mol. The summed E-state index contributed by atoms with van der Waals surface area (Å²) in [6.45, 7) is 8.01. The van der Waals surface area contributed by atoms with E-state index in [0.29, 0.717) is 30.5 Å². The first-order valence-corrected chi connectivity index (χ1v) is 19.3. The van der Waals surface area contributed by atoms with Gasteiger partial charge in [-0.3, -0.25) is 33.7 Å². The molecule has 0 aromatic heterocycles. The Kier molecular flexibility index (Phi) is 11.3. The maximum absolute atomic E-state index is 14.7. The minimum atomic E-state index is -1.28. The number of imide groups is 1. The molecule has 1 aromatic carbocycles. The number of nitrogens with zero attached hydrogens (tertiary/aromatic N) is 2. The number of hydrogen-bond donors (Lipinski definition) is 4. The number of terminal acetylenes is 1. The topological polar surface area (TPSA) is 174 Å². The number of fused-ring (bicyclic) bond motifs is 2. The van der Waals surface area contributed by atoms with Crippen molar-refractivity contribution in [1.82, 2.24) is 31.1 Å². The molecule has 1 saturated heterocycles. The van der Waals surface area contributed by atoms with Crippen LogP contribution in [0.2, 0.25) is 0 Å². The van der Waals surface area contributed by atoms with E-state index in [1.807, 2.05) is 13.8 Å². The first-order chi connectivity index (χ1) is 25.8. The van der Waals surface area contributed by atoms with E-state index < -0.39 is 47.3 Å². The van der Waals surface area contributed by atoms with E-state index in [1.165, 1.54) is 11.0 Å². The molecule has 0 spiro atoms.